The van der Waals surface area contributed by atoms with Gasteiger partial charge in [0.1, 0.15) is 5.75 Å². The lowest BCUT2D eigenvalue weighted by atomic mass is 10.1. The largest absolute Gasteiger partial charge is 0.497 e. The Hall–Kier alpha value is -1.75. The lowest BCUT2D eigenvalue weighted by Gasteiger charge is -2.14. The molecule has 0 fully saturated rings. The zero-order chi connectivity index (χ0) is 16.8. The third-order valence-corrected chi connectivity index (χ3v) is 4.73. The predicted molar refractivity (Wildman–Crippen MR) is 94.3 cm³/mol. The van der Waals surface area contributed by atoms with Gasteiger partial charge in [-0.05, 0) is 29.9 Å². The lowest BCUT2D eigenvalue weighted by molar-refractivity contribution is -0.136. The van der Waals surface area contributed by atoms with Crippen molar-refractivity contribution in [2.45, 2.75) is 33.1 Å². The van der Waals surface area contributed by atoms with Crippen molar-refractivity contribution in [3.05, 3.63) is 34.7 Å². The van der Waals surface area contributed by atoms with E-state index in [-0.39, 0.29) is 11.8 Å². The number of amides is 2. The van der Waals surface area contributed by atoms with Crippen LogP contribution in [0.1, 0.15) is 38.7 Å². The van der Waals surface area contributed by atoms with Gasteiger partial charge in [0.15, 0.2) is 0 Å². The van der Waals surface area contributed by atoms with Gasteiger partial charge in [0, 0.05) is 6.54 Å². The highest BCUT2D eigenvalue weighted by atomic mass is 32.2. The molecule has 4 nitrogen and oxygen atoms in total. The third kappa shape index (κ3) is 3.78. The summed E-state index contributed by atoms with van der Waals surface area (Å²) < 4.78 is 5.16. The van der Waals surface area contributed by atoms with Gasteiger partial charge in [-0.2, -0.15) is 0 Å². The summed E-state index contributed by atoms with van der Waals surface area (Å²) >= 11 is 1.44. The SMILES string of the molecule is CCCCCN1C(=O)C(SCC)=C(c2ccc(OC)cc2)C1=O. The zero-order valence-corrected chi connectivity index (χ0v) is 14.7. The number of thioether (sulfide) groups is 1. The molecule has 0 N–H and O–H groups in total. The minimum Gasteiger partial charge on any atom is -0.497 e. The number of benzene rings is 1. The third-order valence-electron chi connectivity index (χ3n) is 3.78. The van der Waals surface area contributed by atoms with Crippen LogP contribution in [0, 0.1) is 0 Å². The van der Waals surface area contributed by atoms with E-state index >= 15 is 0 Å². The molecule has 0 aromatic heterocycles. The van der Waals surface area contributed by atoms with E-state index in [9.17, 15) is 9.59 Å². The number of unbranched alkanes of at least 4 members (excludes halogenated alkanes) is 2. The van der Waals surface area contributed by atoms with E-state index in [1.54, 1.807) is 7.11 Å². The van der Waals surface area contributed by atoms with Crippen LogP contribution in [0.15, 0.2) is 29.2 Å². The minimum atomic E-state index is -0.174. The summed E-state index contributed by atoms with van der Waals surface area (Å²) in [6, 6.07) is 7.30. The van der Waals surface area contributed by atoms with Crippen LogP contribution >= 0.6 is 11.8 Å². The van der Waals surface area contributed by atoms with E-state index in [1.165, 1.54) is 16.7 Å². The van der Waals surface area contributed by atoms with Gasteiger partial charge in [-0.15, -0.1) is 11.8 Å². The van der Waals surface area contributed by atoms with Crippen molar-refractivity contribution in [1.29, 1.82) is 0 Å². The number of carbonyl (C=O) groups is 2. The van der Waals surface area contributed by atoms with Crippen LogP contribution in [-0.2, 0) is 9.59 Å². The maximum Gasteiger partial charge on any atom is 0.267 e. The van der Waals surface area contributed by atoms with Crippen molar-refractivity contribution in [3.8, 4) is 5.75 Å². The van der Waals surface area contributed by atoms with Crippen LogP contribution < -0.4 is 4.74 Å². The molecule has 0 saturated heterocycles. The van der Waals surface area contributed by atoms with Crippen LogP contribution in [0.5, 0.6) is 5.75 Å². The van der Waals surface area contributed by atoms with Gasteiger partial charge in [-0.25, -0.2) is 0 Å². The number of ether oxygens (including phenoxy) is 1. The molecule has 0 aliphatic carbocycles. The number of imide groups is 1. The smallest absolute Gasteiger partial charge is 0.267 e. The number of nitrogens with zero attached hydrogens (tertiary/aromatic N) is 1. The van der Waals surface area contributed by atoms with Crippen molar-refractivity contribution in [3.63, 3.8) is 0 Å². The first-order chi connectivity index (χ1) is 11.1. The summed E-state index contributed by atoms with van der Waals surface area (Å²) in [7, 11) is 1.60. The van der Waals surface area contributed by atoms with E-state index in [2.05, 4.69) is 6.92 Å². The van der Waals surface area contributed by atoms with E-state index in [0.29, 0.717) is 17.0 Å². The zero-order valence-electron chi connectivity index (χ0n) is 13.9. The fourth-order valence-corrected chi connectivity index (χ4v) is 3.44. The molecule has 1 aromatic carbocycles. The number of carbonyl (C=O) groups excluding carboxylic acids is 2. The van der Waals surface area contributed by atoms with Gasteiger partial charge >= 0.3 is 0 Å². The van der Waals surface area contributed by atoms with Gasteiger partial charge in [0.05, 0.1) is 17.6 Å². The molecule has 0 atom stereocenters. The minimum absolute atomic E-state index is 0.149. The Labute approximate surface area is 141 Å². The molecular formula is C18H23NO3S. The maximum atomic E-state index is 12.8. The molecule has 1 heterocycles. The fourth-order valence-electron chi connectivity index (χ4n) is 2.57. The molecule has 0 radical (unpaired) electrons. The molecule has 1 aromatic rings. The van der Waals surface area contributed by atoms with Crippen molar-refractivity contribution >= 4 is 29.1 Å². The van der Waals surface area contributed by atoms with Crippen LogP contribution in [0.4, 0.5) is 0 Å². The molecule has 0 saturated carbocycles. The molecular weight excluding hydrogens is 310 g/mol. The molecule has 2 amide bonds. The van der Waals surface area contributed by atoms with Crippen LogP contribution in [0.25, 0.3) is 5.57 Å². The summed E-state index contributed by atoms with van der Waals surface area (Å²) in [5.41, 5.74) is 1.30. The molecule has 0 bridgehead atoms. The molecule has 0 unspecified atom stereocenters. The molecule has 2 rings (SSSR count). The quantitative estimate of drug-likeness (QED) is 0.537. The van der Waals surface area contributed by atoms with Gasteiger partial charge in [0.25, 0.3) is 11.8 Å². The molecule has 1 aliphatic heterocycles. The maximum absolute atomic E-state index is 12.8. The Bertz CT molecular complexity index is 607. The van der Waals surface area contributed by atoms with Crippen molar-refractivity contribution in [2.75, 3.05) is 19.4 Å². The molecule has 23 heavy (non-hydrogen) atoms. The highest BCUT2D eigenvalue weighted by Gasteiger charge is 2.38. The highest BCUT2D eigenvalue weighted by molar-refractivity contribution is 8.04. The Morgan fingerprint density at radius 2 is 1.74 bits per heavy atom. The van der Waals surface area contributed by atoms with E-state index in [0.717, 1.165) is 36.3 Å². The standard InChI is InChI=1S/C18H23NO3S/c1-4-6-7-12-19-17(20)15(16(18(19)21)23-5-2)13-8-10-14(22-3)11-9-13/h8-11H,4-7,12H2,1-3H3. The Morgan fingerprint density at radius 3 is 2.30 bits per heavy atom. The van der Waals surface area contributed by atoms with Gasteiger partial charge < -0.3 is 4.74 Å². The van der Waals surface area contributed by atoms with E-state index < -0.39 is 0 Å². The van der Waals surface area contributed by atoms with Crippen molar-refractivity contribution < 1.29 is 14.3 Å². The van der Waals surface area contributed by atoms with Crippen LogP contribution in [0.3, 0.4) is 0 Å². The lowest BCUT2D eigenvalue weighted by Crippen LogP contribution is -2.32. The number of hydrogen-bond donors (Lipinski definition) is 0. The Morgan fingerprint density at radius 1 is 1.04 bits per heavy atom. The molecule has 1 aliphatic rings. The van der Waals surface area contributed by atoms with Crippen LogP contribution in [-0.4, -0.2) is 36.1 Å². The summed E-state index contributed by atoms with van der Waals surface area (Å²) in [5, 5.41) is 0. The van der Waals surface area contributed by atoms with Gasteiger partial charge in [0.2, 0.25) is 0 Å². The first-order valence-electron chi connectivity index (χ1n) is 8.01. The first kappa shape index (κ1) is 17.6. The topological polar surface area (TPSA) is 46.6 Å². The van der Waals surface area contributed by atoms with E-state index in [1.807, 2.05) is 31.2 Å². The molecule has 124 valence electrons. The van der Waals surface area contributed by atoms with E-state index in [4.69, 9.17) is 4.74 Å². The summed E-state index contributed by atoms with van der Waals surface area (Å²) in [5.74, 6) is 1.17. The Balaban J connectivity index is 2.31. The highest BCUT2D eigenvalue weighted by Crippen LogP contribution is 2.36. The number of rotatable bonds is 8. The number of methoxy groups -OCH3 is 1. The molecule has 0 spiro atoms. The van der Waals surface area contributed by atoms with Crippen molar-refractivity contribution in [2.24, 2.45) is 0 Å². The van der Waals surface area contributed by atoms with Crippen LogP contribution in [0.2, 0.25) is 0 Å². The fraction of sp³-hybridized carbons (Fsp3) is 0.444. The van der Waals surface area contributed by atoms with Gasteiger partial charge in [-0.3, -0.25) is 14.5 Å². The average Bonchev–Trinajstić information content (AvgIpc) is 2.80. The second-order valence-corrected chi connectivity index (χ2v) is 6.61. The average molecular weight is 333 g/mol. The Kier molecular flexibility index (Phi) is 6.28. The van der Waals surface area contributed by atoms with Crippen molar-refractivity contribution in [1.82, 2.24) is 4.90 Å². The van der Waals surface area contributed by atoms with Gasteiger partial charge in [-0.1, -0.05) is 38.8 Å². The normalized spacial score (nSPS) is 14.8. The predicted octanol–water partition coefficient (Wildman–Crippen LogP) is 3.72. The second kappa shape index (κ2) is 8.20. The number of hydrogen-bond acceptors (Lipinski definition) is 4. The summed E-state index contributed by atoms with van der Waals surface area (Å²) in [6.45, 7) is 4.59. The first-order valence-corrected chi connectivity index (χ1v) is 9.00. The summed E-state index contributed by atoms with van der Waals surface area (Å²) in [4.78, 5) is 27.3. The second-order valence-electron chi connectivity index (χ2n) is 5.33. The molecule has 5 heteroatoms. The summed E-state index contributed by atoms with van der Waals surface area (Å²) in [6.07, 6.45) is 2.94. The monoisotopic (exact) mass is 333 g/mol.